The van der Waals surface area contributed by atoms with Gasteiger partial charge in [-0.3, -0.25) is 4.79 Å². The molecule has 0 bridgehead atoms. The van der Waals surface area contributed by atoms with E-state index >= 15 is 0 Å². The van der Waals surface area contributed by atoms with Gasteiger partial charge in [0.15, 0.2) is 0 Å². The molecule has 0 aliphatic carbocycles. The predicted molar refractivity (Wildman–Crippen MR) is 103 cm³/mol. The van der Waals surface area contributed by atoms with E-state index in [-0.39, 0.29) is 17.8 Å². The number of nitrogens with one attached hydrogen (secondary N) is 1. The van der Waals surface area contributed by atoms with Crippen molar-refractivity contribution in [2.45, 2.75) is 38.5 Å². The third kappa shape index (κ3) is 3.72. The molecule has 0 unspecified atom stereocenters. The van der Waals surface area contributed by atoms with Crippen molar-refractivity contribution in [3.63, 3.8) is 0 Å². The van der Waals surface area contributed by atoms with Crippen LogP contribution < -0.4 is 0 Å². The van der Waals surface area contributed by atoms with Crippen LogP contribution >= 0.6 is 11.6 Å². The SMILES string of the molecule is CC(C)(C)c1ccc([C@@H](CC(=O)O)c2c[nH]c3ccc(Cl)cc23)cc1. The highest BCUT2D eigenvalue weighted by Crippen LogP contribution is 2.35. The van der Waals surface area contributed by atoms with Gasteiger partial charge < -0.3 is 10.1 Å². The van der Waals surface area contributed by atoms with Crippen molar-refractivity contribution in [3.8, 4) is 0 Å². The Hall–Kier alpha value is -2.26. The Morgan fingerprint density at radius 1 is 1.16 bits per heavy atom. The van der Waals surface area contributed by atoms with Gasteiger partial charge in [0.25, 0.3) is 0 Å². The highest BCUT2D eigenvalue weighted by Gasteiger charge is 2.22. The molecule has 1 aromatic heterocycles. The van der Waals surface area contributed by atoms with E-state index in [1.165, 1.54) is 5.56 Å². The van der Waals surface area contributed by atoms with E-state index < -0.39 is 5.97 Å². The molecule has 3 rings (SSSR count). The quantitative estimate of drug-likeness (QED) is 0.628. The molecule has 0 saturated heterocycles. The minimum absolute atomic E-state index is 0.0360. The summed E-state index contributed by atoms with van der Waals surface area (Å²) in [5.74, 6) is -1.04. The van der Waals surface area contributed by atoms with Gasteiger partial charge in [0, 0.05) is 28.0 Å². The normalized spacial score (nSPS) is 13.1. The standard InChI is InChI=1S/C21H22ClNO2/c1-21(2,3)14-6-4-13(5-7-14)16(11-20(24)25)18-12-23-19-9-8-15(22)10-17(18)19/h4-10,12,16,23H,11H2,1-3H3,(H,24,25)/t16-/m1/s1. The molecule has 25 heavy (non-hydrogen) atoms. The summed E-state index contributed by atoms with van der Waals surface area (Å²) >= 11 is 6.14. The number of carboxylic acid groups (broad SMARTS) is 1. The van der Waals surface area contributed by atoms with Crippen molar-refractivity contribution in [2.24, 2.45) is 0 Å². The Kier molecular flexibility index (Phi) is 4.61. The molecule has 0 aliphatic heterocycles. The Bertz CT molecular complexity index is 904. The molecule has 3 nitrogen and oxygen atoms in total. The third-order valence-corrected chi connectivity index (χ3v) is 4.84. The summed E-state index contributed by atoms with van der Waals surface area (Å²) in [7, 11) is 0. The molecule has 3 aromatic rings. The molecule has 130 valence electrons. The second-order valence-corrected chi connectivity index (χ2v) is 7.89. The number of H-pyrrole nitrogens is 1. The largest absolute Gasteiger partial charge is 0.481 e. The van der Waals surface area contributed by atoms with Gasteiger partial charge in [0.05, 0.1) is 6.42 Å². The van der Waals surface area contributed by atoms with Crippen LogP contribution in [-0.4, -0.2) is 16.1 Å². The van der Waals surface area contributed by atoms with E-state index in [1.54, 1.807) is 0 Å². The molecule has 0 aliphatic rings. The second-order valence-electron chi connectivity index (χ2n) is 7.46. The Labute approximate surface area is 152 Å². The van der Waals surface area contributed by atoms with Gasteiger partial charge in [-0.1, -0.05) is 56.6 Å². The average molecular weight is 356 g/mol. The number of aromatic nitrogens is 1. The van der Waals surface area contributed by atoms with E-state index in [2.05, 4.69) is 37.9 Å². The molecule has 2 N–H and O–H groups in total. The van der Waals surface area contributed by atoms with Gasteiger partial charge in [0.1, 0.15) is 0 Å². The van der Waals surface area contributed by atoms with Gasteiger partial charge in [0.2, 0.25) is 0 Å². The lowest BCUT2D eigenvalue weighted by Gasteiger charge is -2.21. The summed E-state index contributed by atoms with van der Waals surface area (Å²) < 4.78 is 0. The summed E-state index contributed by atoms with van der Waals surface area (Å²) in [5, 5.41) is 11.0. The summed E-state index contributed by atoms with van der Waals surface area (Å²) in [4.78, 5) is 14.7. The summed E-state index contributed by atoms with van der Waals surface area (Å²) in [6.45, 7) is 6.50. The van der Waals surface area contributed by atoms with Crippen molar-refractivity contribution in [3.05, 3.63) is 70.4 Å². The fourth-order valence-corrected chi connectivity index (χ4v) is 3.37. The van der Waals surface area contributed by atoms with Crippen molar-refractivity contribution >= 4 is 28.5 Å². The Morgan fingerprint density at radius 3 is 2.44 bits per heavy atom. The first kappa shape index (κ1) is 17.6. The fraction of sp³-hybridized carbons (Fsp3) is 0.286. The third-order valence-electron chi connectivity index (χ3n) is 4.61. The van der Waals surface area contributed by atoms with Crippen LogP contribution in [0.4, 0.5) is 0 Å². The smallest absolute Gasteiger partial charge is 0.304 e. The lowest BCUT2D eigenvalue weighted by atomic mass is 9.83. The molecule has 0 amide bonds. The fourth-order valence-electron chi connectivity index (χ4n) is 3.20. The molecule has 0 fully saturated rings. The van der Waals surface area contributed by atoms with Gasteiger partial charge in [-0.2, -0.15) is 0 Å². The first-order valence-electron chi connectivity index (χ1n) is 8.34. The van der Waals surface area contributed by atoms with Crippen molar-refractivity contribution in [1.29, 1.82) is 0 Å². The topological polar surface area (TPSA) is 53.1 Å². The Morgan fingerprint density at radius 2 is 1.84 bits per heavy atom. The number of hydrogen-bond acceptors (Lipinski definition) is 1. The van der Waals surface area contributed by atoms with E-state index in [0.29, 0.717) is 5.02 Å². The molecule has 1 heterocycles. The lowest BCUT2D eigenvalue weighted by molar-refractivity contribution is -0.137. The summed E-state index contributed by atoms with van der Waals surface area (Å²) in [5.41, 5.74) is 4.21. The van der Waals surface area contributed by atoms with Crippen LogP contribution in [0, 0.1) is 0 Å². The first-order chi connectivity index (χ1) is 11.8. The Balaban J connectivity index is 2.08. The number of fused-ring (bicyclic) bond motifs is 1. The van der Waals surface area contributed by atoms with E-state index in [4.69, 9.17) is 11.6 Å². The number of hydrogen-bond donors (Lipinski definition) is 2. The molecular formula is C21H22ClNO2. The highest BCUT2D eigenvalue weighted by atomic mass is 35.5. The van der Waals surface area contributed by atoms with Gasteiger partial charge in [-0.05, 0) is 40.3 Å². The number of carbonyl (C=O) groups is 1. The van der Waals surface area contributed by atoms with Gasteiger partial charge >= 0.3 is 5.97 Å². The second kappa shape index (κ2) is 6.57. The van der Waals surface area contributed by atoms with Crippen LogP contribution in [0.5, 0.6) is 0 Å². The monoisotopic (exact) mass is 355 g/mol. The molecule has 0 radical (unpaired) electrons. The summed E-state index contributed by atoms with van der Waals surface area (Å²) in [6, 6.07) is 13.9. The zero-order valence-electron chi connectivity index (χ0n) is 14.6. The molecule has 0 saturated carbocycles. The number of benzene rings is 2. The first-order valence-corrected chi connectivity index (χ1v) is 8.72. The zero-order valence-corrected chi connectivity index (χ0v) is 15.4. The van der Waals surface area contributed by atoms with Crippen LogP contribution in [0.1, 0.15) is 49.8 Å². The van der Waals surface area contributed by atoms with Crippen LogP contribution in [0.15, 0.2) is 48.7 Å². The van der Waals surface area contributed by atoms with Crippen molar-refractivity contribution in [2.75, 3.05) is 0 Å². The number of aliphatic carboxylic acids is 1. The van der Waals surface area contributed by atoms with E-state index in [9.17, 15) is 9.90 Å². The van der Waals surface area contributed by atoms with Crippen molar-refractivity contribution in [1.82, 2.24) is 4.98 Å². The van der Waals surface area contributed by atoms with E-state index in [1.807, 2.05) is 36.5 Å². The minimum atomic E-state index is -0.818. The van der Waals surface area contributed by atoms with Gasteiger partial charge in [-0.15, -0.1) is 0 Å². The number of halogens is 1. The maximum atomic E-state index is 11.5. The lowest BCUT2D eigenvalue weighted by Crippen LogP contribution is -2.12. The minimum Gasteiger partial charge on any atom is -0.481 e. The average Bonchev–Trinajstić information content (AvgIpc) is 2.94. The molecular weight excluding hydrogens is 334 g/mol. The van der Waals surface area contributed by atoms with Crippen LogP contribution in [-0.2, 0) is 10.2 Å². The number of rotatable bonds is 4. The van der Waals surface area contributed by atoms with Crippen LogP contribution in [0.25, 0.3) is 10.9 Å². The number of carboxylic acids is 1. The zero-order chi connectivity index (χ0) is 18.2. The molecule has 4 heteroatoms. The predicted octanol–water partition coefficient (Wildman–Crippen LogP) is 5.73. The van der Waals surface area contributed by atoms with Crippen molar-refractivity contribution < 1.29 is 9.90 Å². The molecule has 0 spiro atoms. The highest BCUT2D eigenvalue weighted by molar-refractivity contribution is 6.31. The molecule has 2 aromatic carbocycles. The van der Waals surface area contributed by atoms with Crippen LogP contribution in [0.2, 0.25) is 5.02 Å². The van der Waals surface area contributed by atoms with Crippen LogP contribution in [0.3, 0.4) is 0 Å². The number of aromatic amines is 1. The molecule has 1 atom stereocenters. The maximum Gasteiger partial charge on any atom is 0.304 e. The van der Waals surface area contributed by atoms with Gasteiger partial charge in [-0.25, -0.2) is 0 Å². The van der Waals surface area contributed by atoms with E-state index in [0.717, 1.165) is 22.0 Å². The maximum absolute atomic E-state index is 11.5. The summed E-state index contributed by atoms with van der Waals surface area (Å²) in [6.07, 6.45) is 1.93.